The van der Waals surface area contributed by atoms with Crippen LogP contribution >= 0.6 is 11.6 Å². The molecule has 0 aliphatic carbocycles. The molecule has 1 amide bonds. The molecule has 0 atom stereocenters. The zero-order chi connectivity index (χ0) is 15.2. The van der Waals surface area contributed by atoms with Gasteiger partial charge >= 0.3 is 6.18 Å². The van der Waals surface area contributed by atoms with E-state index in [0.717, 1.165) is 0 Å². The summed E-state index contributed by atoms with van der Waals surface area (Å²) >= 11 is 5.83. The Labute approximate surface area is 120 Å². The van der Waals surface area contributed by atoms with Gasteiger partial charge in [-0.05, 0) is 31.5 Å². The Kier molecular flexibility index (Phi) is 6.13. The third-order valence-electron chi connectivity index (χ3n) is 2.52. The highest BCUT2D eigenvalue weighted by Crippen LogP contribution is 2.22. The van der Waals surface area contributed by atoms with Gasteiger partial charge in [0.05, 0.1) is 5.56 Å². The molecule has 0 fully saturated rings. The number of hydrogen-bond donors (Lipinski definition) is 2. The van der Waals surface area contributed by atoms with E-state index in [9.17, 15) is 18.0 Å². The average molecular weight is 309 g/mol. The minimum atomic E-state index is -4.20. The Morgan fingerprint density at radius 1 is 1.35 bits per heavy atom. The maximum absolute atomic E-state index is 12.0. The molecule has 1 aromatic rings. The van der Waals surface area contributed by atoms with Crippen molar-refractivity contribution in [3.05, 3.63) is 28.8 Å². The molecule has 0 bridgehead atoms. The van der Waals surface area contributed by atoms with Crippen LogP contribution in [-0.4, -0.2) is 25.2 Å². The quantitative estimate of drug-likeness (QED) is 0.784. The van der Waals surface area contributed by atoms with Gasteiger partial charge in [0.2, 0.25) is 0 Å². The van der Waals surface area contributed by atoms with Crippen LogP contribution in [0.15, 0.2) is 18.2 Å². The van der Waals surface area contributed by atoms with Gasteiger partial charge in [0.25, 0.3) is 5.91 Å². The second-order valence-corrected chi connectivity index (χ2v) is 4.63. The van der Waals surface area contributed by atoms with Crippen molar-refractivity contribution in [2.24, 2.45) is 0 Å². The Balaban J connectivity index is 2.60. The monoisotopic (exact) mass is 308 g/mol. The highest BCUT2D eigenvalue weighted by atomic mass is 35.5. The molecular weight excluding hydrogens is 293 g/mol. The Morgan fingerprint density at radius 2 is 2.05 bits per heavy atom. The number of halogens is 4. The van der Waals surface area contributed by atoms with Crippen molar-refractivity contribution in [2.75, 3.05) is 18.4 Å². The number of alkyl halides is 3. The van der Waals surface area contributed by atoms with Crippen LogP contribution in [0.25, 0.3) is 0 Å². The van der Waals surface area contributed by atoms with E-state index in [2.05, 4.69) is 10.6 Å². The molecule has 20 heavy (non-hydrogen) atoms. The van der Waals surface area contributed by atoms with Gasteiger partial charge < -0.3 is 10.6 Å². The first-order chi connectivity index (χ1) is 9.33. The largest absolute Gasteiger partial charge is 0.389 e. The molecule has 0 unspecified atom stereocenters. The maximum Gasteiger partial charge on any atom is 0.389 e. The summed E-state index contributed by atoms with van der Waals surface area (Å²) in [7, 11) is 0. The lowest BCUT2D eigenvalue weighted by atomic mass is 10.1. The SMILES string of the molecule is CCNc1ccc(Cl)cc1C(=O)NCCCC(F)(F)F. The molecule has 2 N–H and O–H groups in total. The summed E-state index contributed by atoms with van der Waals surface area (Å²) in [6, 6.07) is 4.79. The predicted octanol–water partition coefficient (Wildman–Crippen LogP) is 3.84. The van der Waals surface area contributed by atoms with E-state index in [0.29, 0.717) is 22.8 Å². The second-order valence-electron chi connectivity index (χ2n) is 4.19. The molecule has 112 valence electrons. The van der Waals surface area contributed by atoms with E-state index >= 15 is 0 Å². The summed E-state index contributed by atoms with van der Waals surface area (Å²) in [6.45, 7) is 2.46. The molecule has 3 nitrogen and oxygen atoms in total. The van der Waals surface area contributed by atoms with Crippen molar-refractivity contribution in [3.63, 3.8) is 0 Å². The minimum Gasteiger partial charge on any atom is -0.385 e. The second kappa shape index (κ2) is 7.38. The van der Waals surface area contributed by atoms with Crippen LogP contribution in [0.3, 0.4) is 0 Å². The fraction of sp³-hybridized carbons (Fsp3) is 0.462. The van der Waals surface area contributed by atoms with Gasteiger partial charge in [0, 0.05) is 30.2 Å². The van der Waals surface area contributed by atoms with Crippen molar-refractivity contribution < 1.29 is 18.0 Å². The standard InChI is InChI=1S/C13H16ClF3N2O/c1-2-18-11-5-4-9(14)8-10(11)12(20)19-7-3-6-13(15,16)17/h4-5,8,18H,2-3,6-7H2,1H3,(H,19,20). The zero-order valence-corrected chi connectivity index (χ0v) is 11.7. The molecule has 0 saturated heterocycles. The van der Waals surface area contributed by atoms with E-state index in [1.807, 2.05) is 6.92 Å². The number of carbonyl (C=O) groups excluding carboxylic acids is 1. The number of benzene rings is 1. The predicted molar refractivity (Wildman–Crippen MR) is 73.2 cm³/mol. The Bertz CT molecular complexity index is 463. The lowest BCUT2D eigenvalue weighted by molar-refractivity contribution is -0.135. The van der Waals surface area contributed by atoms with Gasteiger partial charge in [-0.25, -0.2) is 0 Å². The summed E-state index contributed by atoms with van der Waals surface area (Å²) < 4.78 is 35.9. The van der Waals surface area contributed by atoms with E-state index < -0.39 is 18.5 Å². The molecule has 0 heterocycles. The summed E-state index contributed by atoms with van der Waals surface area (Å²) in [5, 5.41) is 5.85. The van der Waals surface area contributed by atoms with Gasteiger partial charge in [-0.15, -0.1) is 0 Å². The van der Waals surface area contributed by atoms with Crippen LogP contribution in [0.1, 0.15) is 30.1 Å². The molecule has 0 spiro atoms. The van der Waals surface area contributed by atoms with E-state index in [1.54, 1.807) is 12.1 Å². The smallest absolute Gasteiger partial charge is 0.385 e. The average Bonchev–Trinajstić information content (AvgIpc) is 2.35. The molecule has 1 aromatic carbocycles. The minimum absolute atomic E-state index is 0.0313. The van der Waals surface area contributed by atoms with Crippen LogP contribution in [-0.2, 0) is 0 Å². The summed E-state index contributed by atoms with van der Waals surface area (Å²) in [4.78, 5) is 11.9. The molecule has 0 aliphatic rings. The molecule has 0 radical (unpaired) electrons. The van der Waals surface area contributed by atoms with E-state index in [4.69, 9.17) is 11.6 Å². The van der Waals surface area contributed by atoms with E-state index in [-0.39, 0.29) is 13.0 Å². The first kappa shape index (κ1) is 16.6. The molecule has 7 heteroatoms. The highest BCUT2D eigenvalue weighted by molar-refractivity contribution is 6.31. The fourth-order valence-corrected chi connectivity index (χ4v) is 1.81. The van der Waals surface area contributed by atoms with Crippen molar-refractivity contribution in [3.8, 4) is 0 Å². The number of amides is 1. The fourth-order valence-electron chi connectivity index (χ4n) is 1.63. The van der Waals surface area contributed by atoms with Gasteiger partial charge in [0.15, 0.2) is 0 Å². The Hall–Kier alpha value is -1.43. The van der Waals surface area contributed by atoms with Crippen LogP contribution < -0.4 is 10.6 Å². The van der Waals surface area contributed by atoms with Crippen LogP contribution in [0, 0.1) is 0 Å². The Morgan fingerprint density at radius 3 is 2.65 bits per heavy atom. The van der Waals surface area contributed by atoms with Gasteiger partial charge in [-0.2, -0.15) is 13.2 Å². The van der Waals surface area contributed by atoms with Crippen molar-refractivity contribution >= 4 is 23.2 Å². The van der Waals surface area contributed by atoms with Gasteiger partial charge in [-0.3, -0.25) is 4.79 Å². The van der Waals surface area contributed by atoms with E-state index in [1.165, 1.54) is 6.07 Å². The number of hydrogen-bond acceptors (Lipinski definition) is 2. The zero-order valence-electron chi connectivity index (χ0n) is 11.0. The van der Waals surface area contributed by atoms with Crippen molar-refractivity contribution in [1.29, 1.82) is 0 Å². The number of carbonyl (C=O) groups is 1. The number of nitrogens with one attached hydrogen (secondary N) is 2. The number of rotatable bonds is 6. The summed E-state index contributed by atoms with van der Waals surface area (Å²) in [5.41, 5.74) is 0.927. The van der Waals surface area contributed by atoms with Crippen molar-refractivity contribution in [2.45, 2.75) is 25.9 Å². The highest BCUT2D eigenvalue weighted by Gasteiger charge is 2.26. The van der Waals surface area contributed by atoms with Gasteiger partial charge in [0.1, 0.15) is 0 Å². The first-order valence-corrected chi connectivity index (χ1v) is 6.59. The summed E-state index contributed by atoms with van der Waals surface area (Å²) in [6.07, 6.45) is -5.26. The topological polar surface area (TPSA) is 41.1 Å². The summed E-state index contributed by atoms with van der Waals surface area (Å²) in [5.74, 6) is -0.439. The van der Waals surface area contributed by atoms with Crippen LogP contribution in [0.5, 0.6) is 0 Å². The van der Waals surface area contributed by atoms with Crippen molar-refractivity contribution in [1.82, 2.24) is 5.32 Å². The molecule has 0 aliphatic heterocycles. The van der Waals surface area contributed by atoms with Crippen LogP contribution in [0.4, 0.5) is 18.9 Å². The number of anilines is 1. The molecular formula is C13H16ClF3N2O. The first-order valence-electron chi connectivity index (χ1n) is 6.22. The maximum atomic E-state index is 12.0. The third kappa shape index (κ3) is 5.69. The lowest BCUT2D eigenvalue weighted by Crippen LogP contribution is -2.26. The molecule has 1 rings (SSSR count). The molecule has 0 saturated carbocycles. The third-order valence-corrected chi connectivity index (χ3v) is 2.75. The van der Waals surface area contributed by atoms with Crippen LogP contribution in [0.2, 0.25) is 5.02 Å². The molecule has 0 aromatic heterocycles. The normalized spacial score (nSPS) is 11.2. The lowest BCUT2D eigenvalue weighted by Gasteiger charge is -2.12. The van der Waals surface area contributed by atoms with Gasteiger partial charge in [-0.1, -0.05) is 11.6 Å².